The topological polar surface area (TPSA) is 162 Å². The number of nitrogens with two attached hydrogens (primary N) is 2. The summed E-state index contributed by atoms with van der Waals surface area (Å²) in [7, 11) is 3.44. The minimum absolute atomic E-state index is 0.00702. The second kappa shape index (κ2) is 6.51. The standard InChI is InChI=1S/C12H14N8O3/c1-19(2)8-4-3-7(5-9(8)20(21)22)6-15-16-11(13)10-12(14)18-23-17-10/h3-6H,1-2H3,(H2,13,16)(H2,14,18)/b15-6+. The van der Waals surface area contributed by atoms with Crippen molar-refractivity contribution in [2.45, 2.75) is 0 Å². The van der Waals surface area contributed by atoms with Crippen LogP contribution in [0.25, 0.3) is 0 Å². The Bertz CT molecular complexity index is 780. The van der Waals surface area contributed by atoms with E-state index in [9.17, 15) is 10.1 Å². The zero-order valence-electron chi connectivity index (χ0n) is 12.4. The number of nitrogen functional groups attached to an aromatic ring is 1. The molecule has 2 rings (SSSR count). The van der Waals surface area contributed by atoms with Gasteiger partial charge in [0, 0.05) is 25.7 Å². The Balaban J connectivity index is 2.25. The molecule has 11 nitrogen and oxygen atoms in total. The van der Waals surface area contributed by atoms with Gasteiger partial charge in [-0.2, -0.15) is 5.10 Å². The molecule has 0 atom stereocenters. The van der Waals surface area contributed by atoms with E-state index in [1.165, 1.54) is 12.3 Å². The fraction of sp³-hybridized carbons (Fsp3) is 0.167. The molecule has 23 heavy (non-hydrogen) atoms. The summed E-state index contributed by atoms with van der Waals surface area (Å²) >= 11 is 0. The summed E-state index contributed by atoms with van der Waals surface area (Å²) in [5, 5.41) is 25.4. The first-order valence-corrected chi connectivity index (χ1v) is 6.31. The smallest absolute Gasteiger partial charge is 0.293 e. The molecule has 0 radical (unpaired) electrons. The van der Waals surface area contributed by atoms with Gasteiger partial charge in [0.2, 0.25) is 0 Å². The van der Waals surface area contributed by atoms with Gasteiger partial charge in [0.15, 0.2) is 17.3 Å². The zero-order chi connectivity index (χ0) is 17.0. The van der Waals surface area contributed by atoms with Gasteiger partial charge < -0.3 is 16.4 Å². The highest BCUT2D eigenvalue weighted by Crippen LogP contribution is 2.27. The van der Waals surface area contributed by atoms with Crippen LogP contribution < -0.4 is 16.4 Å². The summed E-state index contributed by atoms with van der Waals surface area (Å²) < 4.78 is 4.39. The zero-order valence-corrected chi connectivity index (χ0v) is 12.4. The van der Waals surface area contributed by atoms with Crippen LogP contribution in [0, 0.1) is 10.1 Å². The van der Waals surface area contributed by atoms with Gasteiger partial charge in [0.05, 0.1) is 11.1 Å². The molecule has 0 saturated heterocycles. The van der Waals surface area contributed by atoms with E-state index >= 15 is 0 Å². The van der Waals surface area contributed by atoms with Crippen molar-refractivity contribution in [2.75, 3.05) is 24.7 Å². The maximum atomic E-state index is 11.1. The van der Waals surface area contributed by atoms with Crippen molar-refractivity contribution >= 4 is 29.2 Å². The van der Waals surface area contributed by atoms with Crippen molar-refractivity contribution in [3.05, 3.63) is 39.6 Å². The number of rotatable bonds is 5. The molecule has 1 heterocycles. The number of benzene rings is 1. The molecule has 0 amide bonds. The summed E-state index contributed by atoms with van der Waals surface area (Å²) in [4.78, 5) is 12.3. The maximum Gasteiger partial charge on any atom is 0.293 e. The van der Waals surface area contributed by atoms with Gasteiger partial charge >= 0.3 is 0 Å². The molecule has 2 aromatic rings. The highest BCUT2D eigenvalue weighted by Gasteiger charge is 2.15. The van der Waals surface area contributed by atoms with E-state index in [1.807, 2.05) is 0 Å². The first-order chi connectivity index (χ1) is 10.9. The Kier molecular flexibility index (Phi) is 4.50. The number of nitrogens with zero attached hydrogens (tertiary/aromatic N) is 6. The fourth-order valence-electron chi connectivity index (χ4n) is 1.72. The molecule has 120 valence electrons. The predicted molar refractivity (Wildman–Crippen MR) is 84.5 cm³/mol. The number of nitro benzene ring substituents is 1. The molecule has 1 aromatic carbocycles. The van der Waals surface area contributed by atoms with E-state index in [0.717, 1.165) is 0 Å². The van der Waals surface area contributed by atoms with E-state index in [4.69, 9.17) is 11.5 Å². The lowest BCUT2D eigenvalue weighted by atomic mass is 10.2. The summed E-state index contributed by atoms with van der Waals surface area (Å²) in [6, 6.07) is 4.67. The van der Waals surface area contributed by atoms with Crippen LogP contribution in [0.15, 0.2) is 33.0 Å². The first-order valence-electron chi connectivity index (χ1n) is 6.31. The lowest BCUT2D eigenvalue weighted by Crippen LogP contribution is -2.15. The molecule has 0 aliphatic rings. The minimum atomic E-state index is -0.466. The summed E-state index contributed by atoms with van der Waals surface area (Å²) in [6.45, 7) is 0. The number of aromatic nitrogens is 2. The Morgan fingerprint density at radius 2 is 2.17 bits per heavy atom. The van der Waals surface area contributed by atoms with Crippen LogP contribution in [0.3, 0.4) is 0 Å². The Morgan fingerprint density at radius 3 is 2.74 bits per heavy atom. The van der Waals surface area contributed by atoms with E-state index in [-0.39, 0.29) is 23.0 Å². The average Bonchev–Trinajstić information content (AvgIpc) is 2.93. The number of amidine groups is 1. The first kappa shape index (κ1) is 15.9. The van der Waals surface area contributed by atoms with Crippen LogP contribution in [0.5, 0.6) is 0 Å². The monoisotopic (exact) mass is 318 g/mol. The van der Waals surface area contributed by atoms with Crippen LogP contribution in [0.2, 0.25) is 0 Å². The SMILES string of the molecule is CN(C)c1ccc(/C=N/N=C(\N)c2nonc2N)cc1[N+](=O)[O-]. The molecule has 1 aromatic heterocycles. The summed E-state index contributed by atoms with van der Waals surface area (Å²) in [5.41, 5.74) is 12.1. The van der Waals surface area contributed by atoms with Crippen LogP contribution >= 0.6 is 0 Å². The fourth-order valence-corrected chi connectivity index (χ4v) is 1.72. The molecular weight excluding hydrogens is 304 g/mol. The molecule has 0 bridgehead atoms. The number of hydrogen-bond donors (Lipinski definition) is 2. The molecule has 4 N–H and O–H groups in total. The van der Waals surface area contributed by atoms with Crippen molar-refractivity contribution in [2.24, 2.45) is 15.9 Å². The molecule has 11 heteroatoms. The van der Waals surface area contributed by atoms with Gasteiger partial charge in [-0.05, 0) is 16.4 Å². The molecule has 0 saturated carbocycles. The Morgan fingerprint density at radius 1 is 1.43 bits per heavy atom. The lowest BCUT2D eigenvalue weighted by Gasteiger charge is -2.12. The predicted octanol–water partition coefficient (Wildman–Crippen LogP) is 0.365. The summed E-state index contributed by atoms with van der Waals surface area (Å²) in [5.74, 6) is -0.0909. The second-order valence-electron chi connectivity index (χ2n) is 4.63. The van der Waals surface area contributed by atoms with Crippen LogP contribution in [0.1, 0.15) is 11.3 Å². The van der Waals surface area contributed by atoms with Crippen molar-refractivity contribution in [3.8, 4) is 0 Å². The lowest BCUT2D eigenvalue weighted by molar-refractivity contribution is -0.384. The molecular formula is C12H14N8O3. The van der Waals surface area contributed by atoms with Gasteiger partial charge in [0.1, 0.15) is 5.69 Å². The van der Waals surface area contributed by atoms with E-state index < -0.39 is 4.92 Å². The van der Waals surface area contributed by atoms with Gasteiger partial charge in [0.25, 0.3) is 5.69 Å². The van der Waals surface area contributed by atoms with E-state index in [2.05, 4.69) is 25.1 Å². The molecule has 0 unspecified atom stereocenters. The number of hydrogen-bond acceptors (Lipinski definition) is 9. The minimum Gasteiger partial charge on any atom is -0.380 e. The maximum absolute atomic E-state index is 11.1. The third-order valence-electron chi connectivity index (χ3n) is 2.81. The van der Waals surface area contributed by atoms with Crippen LogP contribution in [-0.4, -0.2) is 41.4 Å². The van der Waals surface area contributed by atoms with Crippen molar-refractivity contribution in [1.29, 1.82) is 0 Å². The normalized spacial score (nSPS) is 11.8. The van der Waals surface area contributed by atoms with Crippen LogP contribution in [-0.2, 0) is 0 Å². The van der Waals surface area contributed by atoms with Crippen molar-refractivity contribution < 1.29 is 9.55 Å². The quantitative estimate of drug-likeness (QED) is 0.345. The Labute approximate surface area is 130 Å². The van der Waals surface area contributed by atoms with E-state index in [1.54, 1.807) is 31.1 Å². The highest BCUT2D eigenvalue weighted by molar-refractivity contribution is 5.99. The van der Waals surface area contributed by atoms with Gasteiger partial charge in [-0.25, -0.2) is 4.63 Å². The van der Waals surface area contributed by atoms with Gasteiger partial charge in [-0.3, -0.25) is 10.1 Å². The number of nitro groups is 1. The third-order valence-corrected chi connectivity index (χ3v) is 2.81. The second-order valence-corrected chi connectivity index (χ2v) is 4.63. The van der Waals surface area contributed by atoms with Crippen molar-refractivity contribution in [1.82, 2.24) is 10.3 Å². The molecule has 0 fully saturated rings. The van der Waals surface area contributed by atoms with Crippen LogP contribution in [0.4, 0.5) is 17.2 Å². The average molecular weight is 318 g/mol. The van der Waals surface area contributed by atoms with Crippen molar-refractivity contribution in [3.63, 3.8) is 0 Å². The third kappa shape index (κ3) is 3.58. The molecule has 0 aliphatic carbocycles. The highest BCUT2D eigenvalue weighted by atomic mass is 16.6. The summed E-state index contributed by atoms with van der Waals surface area (Å²) in [6.07, 6.45) is 1.32. The largest absolute Gasteiger partial charge is 0.380 e. The molecule has 0 spiro atoms. The Hall–Kier alpha value is -3.50. The van der Waals surface area contributed by atoms with Gasteiger partial charge in [-0.15, -0.1) is 5.10 Å². The van der Waals surface area contributed by atoms with Gasteiger partial charge in [-0.1, -0.05) is 6.07 Å². The van der Waals surface area contributed by atoms with E-state index in [0.29, 0.717) is 11.3 Å². The number of anilines is 2. The molecule has 0 aliphatic heterocycles.